The predicted molar refractivity (Wildman–Crippen MR) is 78.7 cm³/mol. The summed E-state index contributed by atoms with van der Waals surface area (Å²) in [4.78, 5) is 14.1. The van der Waals surface area contributed by atoms with Gasteiger partial charge in [0.2, 0.25) is 0 Å². The molecule has 0 amide bonds. The van der Waals surface area contributed by atoms with Crippen molar-refractivity contribution < 1.29 is 10.0 Å². The van der Waals surface area contributed by atoms with Crippen molar-refractivity contribution in [2.45, 2.75) is 19.1 Å². The number of pyridine rings is 1. The summed E-state index contributed by atoms with van der Waals surface area (Å²) in [5.74, 6) is 0. The van der Waals surface area contributed by atoms with Gasteiger partial charge in [0.15, 0.2) is 0 Å². The predicted octanol–water partition coefficient (Wildman–Crippen LogP) is 2.37. The lowest BCUT2D eigenvalue weighted by molar-refractivity contribution is -0.384. The molecule has 110 valence electrons. The highest BCUT2D eigenvalue weighted by Crippen LogP contribution is 2.18. The molecule has 0 aliphatic heterocycles. The van der Waals surface area contributed by atoms with Gasteiger partial charge in [0.25, 0.3) is 5.69 Å². The quantitative estimate of drug-likeness (QED) is 0.629. The van der Waals surface area contributed by atoms with Gasteiger partial charge in [-0.05, 0) is 42.3 Å². The fraction of sp³-hybridized carbons (Fsp3) is 0.267. The summed E-state index contributed by atoms with van der Waals surface area (Å²) in [6, 6.07) is 9.84. The fourth-order valence-electron chi connectivity index (χ4n) is 1.99. The smallest absolute Gasteiger partial charge is 0.269 e. The Kier molecular flexibility index (Phi) is 4.97. The van der Waals surface area contributed by atoms with E-state index >= 15 is 0 Å². The highest BCUT2D eigenvalue weighted by molar-refractivity contribution is 5.33. The number of aliphatic hydroxyl groups is 1. The Labute approximate surface area is 122 Å². The molecule has 0 aliphatic carbocycles. The number of aliphatic hydroxyl groups excluding tert-OH is 1. The number of nitro benzene ring substituents is 1. The average molecular weight is 287 g/mol. The van der Waals surface area contributed by atoms with Crippen LogP contribution in [0.15, 0.2) is 48.8 Å². The third-order valence-corrected chi connectivity index (χ3v) is 3.31. The van der Waals surface area contributed by atoms with Crippen LogP contribution < -0.4 is 5.32 Å². The van der Waals surface area contributed by atoms with Crippen LogP contribution in [0.25, 0.3) is 0 Å². The molecule has 21 heavy (non-hydrogen) atoms. The molecular weight excluding hydrogens is 270 g/mol. The minimum Gasteiger partial charge on any atom is -0.387 e. The van der Waals surface area contributed by atoms with Gasteiger partial charge in [0.05, 0.1) is 11.0 Å². The van der Waals surface area contributed by atoms with E-state index < -0.39 is 11.0 Å². The molecule has 0 radical (unpaired) electrons. The minimum absolute atomic E-state index is 0.0177. The second kappa shape index (κ2) is 6.92. The molecule has 6 nitrogen and oxygen atoms in total. The summed E-state index contributed by atoms with van der Waals surface area (Å²) in [5, 5.41) is 23.9. The summed E-state index contributed by atoms with van der Waals surface area (Å²) in [6.45, 7) is 2.36. The van der Waals surface area contributed by atoms with Gasteiger partial charge >= 0.3 is 0 Å². The van der Waals surface area contributed by atoms with E-state index in [9.17, 15) is 15.2 Å². The third kappa shape index (κ3) is 4.08. The maximum atomic E-state index is 10.6. The van der Waals surface area contributed by atoms with E-state index in [1.165, 1.54) is 12.1 Å². The molecule has 0 bridgehead atoms. The molecule has 6 heteroatoms. The van der Waals surface area contributed by atoms with Crippen molar-refractivity contribution in [3.63, 3.8) is 0 Å². The number of hydrogen-bond acceptors (Lipinski definition) is 5. The first-order valence-corrected chi connectivity index (χ1v) is 6.63. The third-order valence-electron chi connectivity index (χ3n) is 3.31. The Balaban J connectivity index is 1.92. The number of nitro groups is 1. The number of non-ortho nitro benzene ring substituents is 1. The number of nitrogens with zero attached hydrogens (tertiary/aromatic N) is 2. The minimum atomic E-state index is -0.713. The van der Waals surface area contributed by atoms with Crippen molar-refractivity contribution in [3.05, 3.63) is 70.0 Å². The van der Waals surface area contributed by atoms with E-state index in [1.54, 1.807) is 24.5 Å². The normalized spacial score (nSPS) is 13.6. The van der Waals surface area contributed by atoms with Gasteiger partial charge < -0.3 is 10.4 Å². The lowest BCUT2D eigenvalue weighted by atomic mass is 10.1. The van der Waals surface area contributed by atoms with Gasteiger partial charge in [-0.25, -0.2) is 0 Å². The molecule has 2 atom stereocenters. The molecule has 0 spiro atoms. The van der Waals surface area contributed by atoms with Crippen LogP contribution in [-0.4, -0.2) is 21.6 Å². The van der Waals surface area contributed by atoms with Gasteiger partial charge in [0, 0.05) is 37.1 Å². The van der Waals surface area contributed by atoms with Crippen LogP contribution in [-0.2, 0) is 0 Å². The van der Waals surface area contributed by atoms with E-state index in [0.29, 0.717) is 12.1 Å². The van der Waals surface area contributed by atoms with Gasteiger partial charge in [-0.2, -0.15) is 0 Å². The molecule has 1 aromatic heterocycles. The second-order valence-electron chi connectivity index (χ2n) is 4.77. The Morgan fingerprint density at radius 1 is 1.19 bits per heavy atom. The number of rotatable bonds is 6. The molecule has 1 aromatic carbocycles. The molecule has 2 aromatic rings. The lowest BCUT2D eigenvalue weighted by Crippen LogP contribution is -2.24. The molecule has 1 unspecified atom stereocenters. The summed E-state index contributed by atoms with van der Waals surface area (Å²) in [6.07, 6.45) is 2.73. The van der Waals surface area contributed by atoms with Gasteiger partial charge in [-0.1, -0.05) is 0 Å². The number of nitrogens with one attached hydrogen (secondary N) is 1. The van der Waals surface area contributed by atoms with Crippen molar-refractivity contribution in [1.29, 1.82) is 0 Å². The van der Waals surface area contributed by atoms with Crippen LogP contribution in [0, 0.1) is 10.1 Å². The summed E-state index contributed by atoms with van der Waals surface area (Å²) in [5.41, 5.74) is 1.75. The Bertz CT molecular complexity index is 587. The standard InChI is InChI=1S/C15H17N3O3/c1-11(12-6-8-16-9-7-12)17-10-15(19)13-2-4-14(5-3-13)18(20)21/h2-9,11,15,17,19H,10H2,1H3/t11-,15?/m0/s1. The Morgan fingerprint density at radius 2 is 1.81 bits per heavy atom. The topological polar surface area (TPSA) is 88.3 Å². The first-order valence-electron chi connectivity index (χ1n) is 6.63. The first kappa shape index (κ1) is 15.1. The van der Waals surface area contributed by atoms with E-state index in [1.807, 2.05) is 19.1 Å². The second-order valence-corrected chi connectivity index (χ2v) is 4.77. The highest BCUT2D eigenvalue weighted by atomic mass is 16.6. The molecular formula is C15H17N3O3. The van der Waals surface area contributed by atoms with Gasteiger partial charge in [-0.3, -0.25) is 15.1 Å². The van der Waals surface area contributed by atoms with Crippen molar-refractivity contribution in [3.8, 4) is 0 Å². The zero-order valence-corrected chi connectivity index (χ0v) is 11.6. The van der Waals surface area contributed by atoms with Crippen LogP contribution in [0.5, 0.6) is 0 Å². The van der Waals surface area contributed by atoms with Crippen molar-refractivity contribution in [2.75, 3.05) is 6.54 Å². The number of benzene rings is 1. The maximum absolute atomic E-state index is 10.6. The fourth-order valence-corrected chi connectivity index (χ4v) is 1.99. The van der Waals surface area contributed by atoms with E-state index in [0.717, 1.165) is 5.56 Å². The summed E-state index contributed by atoms with van der Waals surface area (Å²) >= 11 is 0. The average Bonchev–Trinajstić information content (AvgIpc) is 2.53. The SMILES string of the molecule is C[C@H](NCC(O)c1ccc([N+](=O)[O-])cc1)c1ccncc1. The van der Waals surface area contributed by atoms with Crippen LogP contribution in [0.2, 0.25) is 0 Å². The van der Waals surface area contributed by atoms with Crippen molar-refractivity contribution in [2.24, 2.45) is 0 Å². The number of hydrogen-bond donors (Lipinski definition) is 2. The van der Waals surface area contributed by atoms with E-state index in [-0.39, 0.29) is 11.7 Å². The monoisotopic (exact) mass is 287 g/mol. The highest BCUT2D eigenvalue weighted by Gasteiger charge is 2.12. The molecule has 0 saturated carbocycles. The van der Waals surface area contributed by atoms with Crippen molar-refractivity contribution in [1.82, 2.24) is 10.3 Å². The molecule has 0 fully saturated rings. The summed E-state index contributed by atoms with van der Waals surface area (Å²) < 4.78 is 0. The Morgan fingerprint density at radius 3 is 2.38 bits per heavy atom. The number of aromatic nitrogens is 1. The van der Waals surface area contributed by atoms with E-state index in [4.69, 9.17) is 0 Å². The lowest BCUT2D eigenvalue weighted by Gasteiger charge is -2.17. The molecule has 2 rings (SSSR count). The van der Waals surface area contributed by atoms with Crippen LogP contribution in [0.1, 0.15) is 30.2 Å². The van der Waals surface area contributed by atoms with Crippen LogP contribution >= 0.6 is 0 Å². The molecule has 2 N–H and O–H groups in total. The van der Waals surface area contributed by atoms with Crippen molar-refractivity contribution >= 4 is 5.69 Å². The van der Waals surface area contributed by atoms with E-state index in [2.05, 4.69) is 10.3 Å². The zero-order valence-electron chi connectivity index (χ0n) is 11.6. The Hall–Kier alpha value is -2.31. The summed E-state index contributed by atoms with van der Waals surface area (Å²) in [7, 11) is 0. The first-order chi connectivity index (χ1) is 10.1. The molecule has 0 aliphatic rings. The van der Waals surface area contributed by atoms with Crippen LogP contribution in [0.3, 0.4) is 0 Å². The maximum Gasteiger partial charge on any atom is 0.269 e. The molecule has 1 heterocycles. The molecule has 0 saturated heterocycles. The zero-order chi connectivity index (χ0) is 15.2. The largest absolute Gasteiger partial charge is 0.387 e. The van der Waals surface area contributed by atoms with Gasteiger partial charge in [0.1, 0.15) is 0 Å². The van der Waals surface area contributed by atoms with Crippen LogP contribution in [0.4, 0.5) is 5.69 Å². The van der Waals surface area contributed by atoms with Gasteiger partial charge in [-0.15, -0.1) is 0 Å².